The molecule has 0 bridgehead atoms. The van der Waals surface area contributed by atoms with Crippen LogP contribution in [0, 0.1) is 5.92 Å². The summed E-state index contributed by atoms with van der Waals surface area (Å²) in [7, 11) is 3.45. The summed E-state index contributed by atoms with van der Waals surface area (Å²) in [5.41, 5.74) is 2.75. The highest BCUT2D eigenvalue weighted by Gasteiger charge is 2.36. The minimum Gasteiger partial charge on any atom is -0.497 e. The van der Waals surface area contributed by atoms with Crippen LogP contribution in [0.3, 0.4) is 0 Å². The van der Waals surface area contributed by atoms with Crippen LogP contribution in [0.2, 0.25) is 0 Å². The summed E-state index contributed by atoms with van der Waals surface area (Å²) < 4.78 is 10.9. The highest BCUT2D eigenvalue weighted by atomic mass is 16.5. The monoisotopic (exact) mass is 233 g/mol. The number of hydrogen-bond acceptors (Lipinski definition) is 3. The second-order valence-corrected chi connectivity index (χ2v) is 4.92. The fraction of sp³-hybridized carbons (Fsp3) is 0.571. The van der Waals surface area contributed by atoms with Crippen molar-refractivity contribution >= 4 is 0 Å². The summed E-state index contributed by atoms with van der Waals surface area (Å²) >= 11 is 0. The van der Waals surface area contributed by atoms with Gasteiger partial charge in [-0.3, -0.25) is 0 Å². The van der Waals surface area contributed by atoms with E-state index in [2.05, 4.69) is 11.4 Å². The van der Waals surface area contributed by atoms with Crippen molar-refractivity contribution in [3.8, 4) is 11.5 Å². The Morgan fingerprint density at radius 1 is 1.18 bits per heavy atom. The Balaban J connectivity index is 2.07. The van der Waals surface area contributed by atoms with Gasteiger partial charge in [-0.05, 0) is 43.4 Å². The second-order valence-electron chi connectivity index (χ2n) is 4.92. The minimum absolute atomic E-state index is 0.486. The van der Waals surface area contributed by atoms with Crippen molar-refractivity contribution < 1.29 is 9.47 Å². The van der Waals surface area contributed by atoms with Crippen LogP contribution in [0.15, 0.2) is 12.1 Å². The molecule has 0 amide bonds. The van der Waals surface area contributed by atoms with Gasteiger partial charge in [0.25, 0.3) is 0 Å². The van der Waals surface area contributed by atoms with Gasteiger partial charge in [-0.2, -0.15) is 0 Å². The Bertz CT molecular complexity index is 409. The fourth-order valence-electron chi connectivity index (χ4n) is 2.80. The lowest BCUT2D eigenvalue weighted by Gasteiger charge is -2.29. The molecule has 92 valence electrons. The van der Waals surface area contributed by atoms with Crippen LogP contribution in [0.25, 0.3) is 0 Å². The summed E-state index contributed by atoms with van der Waals surface area (Å²) in [4.78, 5) is 0. The predicted octanol–water partition coefficient (Wildman–Crippen LogP) is 2.30. The zero-order valence-electron chi connectivity index (χ0n) is 10.5. The molecule has 1 atom stereocenters. The quantitative estimate of drug-likeness (QED) is 0.869. The molecule has 1 aromatic rings. The first-order valence-electron chi connectivity index (χ1n) is 6.31. The van der Waals surface area contributed by atoms with Crippen molar-refractivity contribution in [1.82, 2.24) is 5.32 Å². The average Bonchev–Trinajstić information content (AvgIpc) is 3.20. The van der Waals surface area contributed by atoms with Crippen molar-refractivity contribution in [2.24, 2.45) is 5.92 Å². The summed E-state index contributed by atoms with van der Waals surface area (Å²) in [5.74, 6) is 2.68. The smallest absolute Gasteiger partial charge is 0.127 e. The topological polar surface area (TPSA) is 30.5 Å². The maximum atomic E-state index is 5.54. The van der Waals surface area contributed by atoms with Crippen molar-refractivity contribution in [1.29, 1.82) is 0 Å². The van der Waals surface area contributed by atoms with Crippen LogP contribution in [0.5, 0.6) is 11.5 Å². The van der Waals surface area contributed by atoms with Gasteiger partial charge in [-0.1, -0.05) is 0 Å². The largest absolute Gasteiger partial charge is 0.497 e. The molecule has 0 aromatic heterocycles. The SMILES string of the molecule is COc1cc2c(c(OC)c1)C(C1CC1)NCC2. The number of nitrogens with one attached hydrogen (secondary N) is 1. The van der Waals surface area contributed by atoms with Gasteiger partial charge in [0.2, 0.25) is 0 Å². The molecule has 3 rings (SSSR count). The van der Waals surface area contributed by atoms with E-state index in [9.17, 15) is 0 Å². The molecule has 1 aromatic carbocycles. The van der Waals surface area contributed by atoms with Crippen LogP contribution >= 0.6 is 0 Å². The van der Waals surface area contributed by atoms with E-state index < -0.39 is 0 Å². The first-order valence-corrected chi connectivity index (χ1v) is 6.31. The third kappa shape index (κ3) is 1.89. The summed E-state index contributed by atoms with van der Waals surface area (Å²) in [5, 5.41) is 3.63. The summed E-state index contributed by atoms with van der Waals surface area (Å²) in [6.07, 6.45) is 3.74. The van der Waals surface area contributed by atoms with E-state index in [1.54, 1.807) is 14.2 Å². The average molecular weight is 233 g/mol. The number of benzene rings is 1. The van der Waals surface area contributed by atoms with E-state index >= 15 is 0 Å². The number of fused-ring (bicyclic) bond motifs is 1. The highest BCUT2D eigenvalue weighted by Crippen LogP contribution is 2.47. The summed E-state index contributed by atoms with van der Waals surface area (Å²) in [6.45, 7) is 1.06. The number of ether oxygens (including phenoxy) is 2. The molecule has 0 spiro atoms. The van der Waals surface area contributed by atoms with Gasteiger partial charge in [0.1, 0.15) is 11.5 Å². The second kappa shape index (κ2) is 4.22. The van der Waals surface area contributed by atoms with E-state index in [0.29, 0.717) is 6.04 Å². The first-order chi connectivity index (χ1) is 8.33. The van der Waals surface area contributed by atoms with Crippen molar-refractivity contribution in [2.45, 2.75) is 25.3 Å². The molecule has 1 N–H and O–H groups in total. The zero-order valence-corrected chi connectivity index (χ0v) is 10.5. The molecule has 3 heteroatoms. The number of rotatable bonds is 3. The lowest BCUT2D eigenvalue weighted by molar-refractivity contribution is 0.370. The van der Waals surface area contributed by atoms with Gasteiger partial charge in [-0.25, -0.2) is 0 Å². The van der Waals surface area contributed by atoms with Crippen LogP contribution in [-0.2, 0) is 6.42 Å². The molecule has 1 unspecified atom stereocenters. The Hall–Kier alpha value is -1.22. The predicted molar refractivity (Wildman–Crippen MR) is 66.7 cm³/mol. The van der Waals surface area contributed by atoms with E-state index in [4.69, 9.17) is 9.47 Å². The maximum absolute atomic E-state index is 5.54. The van der Waals surface area contributed by atoms with Crippen molar-refractivity contribution in [2.75, 3.05) is 20.8 Å². The molecular weight excluding hydrogens is 214 g/mol. The van der Waals surface area contributed by atoms with Crippen LogP contribution in [0.1, 0.15) is 30.0 Å². The Morgan fingerprint density at radius 2 is 2.00 bits per heavy atom. The van der Waals surface area contributed by atoms with Gasteiger partial charge in [0.15, 0.2) is 0 Å². The molecule has 17 heavy (non-hydrogen) atoms. The Labute approximate surface area is 102 Å². The van der Waals surface area contributed by atoms with Gasteiger partial charge in [-0.15, -0.1) is 0 Å². The highest BCUT2D eigenvalue weighted by molar-refractivity contribution is 5.50. The number of methoxy groups -OCH3 is 2. The van der Waals surface area contributed by atoms with E-state index in [0.717, 1.165) is 30.4 Å². The van der Waals surface area contributed by atoms with Crippen molar-refractivity contribution in [3.05, 3.63) is 23.3 Å². The molecule has 0 saturated heterocycles. The maximum Gasteiger partial charge on any atom is 0.127 e. The van der Waals surface area contributed by atoms with Gasteiger partial charge < -0.3 is 14.8 Å². The standard InChI is InChI=1S/C14H19NO2/c1-16-11-7-10-5-6-15-14(9-3-4-9)13(10)12(8-11)17-2/h7-9,14-15H,3-6H2,1-2H3. The Kier molecular flexibility index (Phi) is 2.71. The van der Waals surface area contributed by atoms with Crippen molar-refractivity contribution in [3.63, 3.8) is 0 Å². The van der Waals surface area contributed by atoms with Gasteiger partial charge in [0, 0.05) is 17.7 Å². The van der Waals surface area contributed by atoms with Gasteiger partial charge >= 0.3 is 0 Å². The molecule has 1 aliphatic carbocycles. The fourth-order valence-corrected chi connectivity index (χ4v) is 2.80. The van der Waals surface area contributed by atoms with Gasteiger partial charge in [0.05, 0.1) is 14.2 Å². The van der Waals surface area contributed by atoms with Crippen LogP contribution in [-0.4, -0.2) is 20.8 Å². The number of hydrogen-bond donors (Lipinski definition) is 1. The molecule has 0 radical (unpaired) electrons. The molecular formula is C14H19NO2. The molecule has 1 saturated carbocycles. The zero-order chi connectivity index (χ0) is 11.8. The van der Waals surface area contributed by atoms with E-state index in [-0.39, 0.29) is 0 Å². The molecule has 3 nitrogen and oxygen atoms in total. The molecule has 1 fully saturated rings. The Morgan fingerprint density at radius 3 is 2.65 bits per heavy atom. The third-order valence-corrected chi connectivity index (χ3v) is 3.82. The van der Waals surface area contributed by atoms with Crippen LogP contribution in [0.4, 0.5) is 0 Å². The van der Waals surface area contributed by atoms with Crippen LogP contribution < -0.4 is 14.8 Å². The van der Waals surface area contributed by atoms with E-state index in [1.807, 2.05) is 6.07 Å². The minimum atomic E-state index is 0.486. The molecule has 2 aliphatic rings. The summed E-state index contributed by atoms with van der Waals surface area (Å²) in [6, 6.07) is 4.65. The lowest BCUT2D eigenvalue weighted by atomic mass is 9.90. The van der Waals surface area contributed by atoms with E-state index in [1.165, 1.54) is 24.0 Å². The first kappa shape index (κ1) is 10.9. The molecule has 1 aliphatic heterocycles. The normalized spacial score (nSPS) is 23.1. The lowest BCUT2D eigenvalue weighted by Crippen LogP contribution is -2.31. The third-order valence-electron chi connectivity index (χ3n) is 3.82. The molecule has 1 heterocycles.